The Morgan fingerprint density at radius 3 is 2.12 bits per heavy atom. The maximum absolute atomic E-state index is 12.6. The van der Waals surface area contributed by atoms with Gasteiger partial charge >= 0.3 is 0 Å². The topological polar surface area (TPSA) is 66.9 Å². The molecule has 1 fully saturated rings. The Kier molecular flexibility index (Phi) is 7.63. The molecule has 1 aliphatic rings. The lowest BCUT2D eigenvalue weighted by Crippen LogP contribution is -2.38. The number of ether oxygens (including phenoxy) is 1. The van der Waals surface area contributed by atoms with Gasteiger partial charge in [0.2, 0.25) is 11.8 Å². The molecule has 26 heavy (non-hydrogen) atoms. The third-order valence-electron chi connectivity index (χ3n) is 4.48. The molecule has 142 valence electrons. The maximum atomic E-state index is 12.6. The van der Waals surface area contributed by atoms with Gasteiger partial charge in [0.25, 0.3) is 0 Å². The first-order valence-corrected chi connectivity index (χ1v) is 9.26. The highest BCUT2D eigenvalue weighted by Crippen LogP contribution is 2.14. The number of carbonyl (C=O) groups is 3. The van der Waals surface area contributed by atoms with Crippen LogP contribution in [0.4, 0.5) is 0 Å². The number of carbonyl (C=O) groups excluding carboxylic acids is 3. The van der Waals surface area contributed by atoms with Crippen LogP contribution in [0.5, 0.6) is 5.75 Å². The van der Waals surface area contributed by atoms with Crippen LogP contribution in [-0.2, 0) is 20.8 Å². The molecule has 2 rings (SSSR count). The van der Waals surface area contributed by atoms with E-state index >= 15 is 0 Å². The molecular weight excluding hydrogens is 332 g/mol. The summed E-state index contributed by atoms with van der Waals surface area (Å²) in [4.78, 5) is 39.4. The minimum absolute atomic E-state index is 0.000937. The van der Waals surface area contributed by atoms with Gasteiger partial charge in [-0.15, -0.1) is 0 Å². The summed E-state index contributed by atoms with van der Waals surface area (Å²) in [6.45, 7) is 6.43. The third-order valence-corrected chi connectivity index (χ3v) is 4.48. The van der Waals surface area contributed by atoms with Gasteiger partial charge in [-0.3, -0.25) is 9.59 Å². The van der Waals surface area contributed by atoms with Crippen molar-refractivity contribution in [2.24, 2.45) is 0 Å². The van der Waals surface area contributed by atoms with Gasteiger partial charge in [0.15, 0.2) is 0 Å². The summed E-state index contributed by atoms with van der Waals surface area (Å²) < 4.78 is 5.41. The summed E-state index contributed by atoms with van der Waals surface area (Å²) in [5.41, 5.74) is 0.956. The number of rotatable bonds is 7. The fourth-order valence-electron chi connectivity index (χ4n) is 3.01. The van der Waals surface area contributed by atoms with Gasteiger partial charge in [0.05, 0.1) is 13.0 Å². The Bertz CT molecular complexity index is 627. The average molecular weight is 360 g/mol. The van der Waals surface area contributed by atoms with Gasteiger partial charge in [-0.25, -0.2) is 0 Å². The molecule has 0 bridgehead atoms. The normalized spacial score (nSPS) is 14.7. The summed E-state index contributed by atoms with van der Waals surface area (Å²) in [5.74, 6) is 0.909. The van der Waals surface area contributed by atoms with Crippen molar-refractivity contribution in [3.63, 3.8) is 0 Å². The summed E-state index contributed by atoms with van der Waals surface area (Å²) >= 11 is 0. The Balaban J connectivity index is 1.84. The summed E-state index contributed by atoms with van der Waals surface area (Å²) in [5, 5.41) is 0. The fourth-order valence-corrected chi connectivity index (χ4v) is 3.01. The average Bonchev–Trinajstić information content (AvgIpc) is 2.88. The number of Topliss-reactive ketones (excluding diaryl/α,β-unsaturated/α-hetero) is 1. The van der Waals surface area contributed by atoms with Crippen LogP contribution in [-0.4, -0.2) is 60.2 Å². The molecule has 0 radical (unpaired) electrons. The smallest absolute Gasteiger partial charge is 0.227 e. The fraction of sp³-hybridized carbons (Fsp3) is 0.550. The van der Waals surface area contributed by atoms with Crippen LogP contribution < -0.4 is 4.74 Å². The predicted octanol–water partition coefficient (Wildman–Crippen LogP) is 2.06. The van der Waals surface area contributed by atoms with Crippen molar-refractivity contribution in [3.05, 3.63) is 29.8 Å². The molecule has 0 N–H and O–H groups in total. The van der Waals surface area contributed by atoms with Crippen molar-refractivity contribution in [3.8, 4) is 5.75 Å². The van der Waals surface area contributed by atoms with Crippen LogP contribution in [0.15, 0.2) is 24.3 Å². The van der Waals surface area contributed by atoms with Crippen LogP contribution in [0.3, 0.4) is 0 Å². The molecule has 0 aromatic heterocycles. The van der Waals surface area contributed by atoms with Gasteiger partial charge in [-0.05, 0) is 38.0 Å². The number of hydrogen-bond donors (Lipinski definition) is 0. The van der Waals surface area contributed by atoms with Gasteiger partial charge in [0, 0.05) is 39.0 Å². The second kappa shape index (κ2) is 9.94. The molecule has 0 atom stereocenters. The summed E-state index contributed by atoms with van der Waals surface area (Å²) in [6.07, 6.45) is 1.66. The van der Waals surface area contributed by atoms with Crippen LogP contribution in [0.25, 0.3) is 0 Å². The molecule has 2 amide bonds. The first-order chi connectivity index (χ1) is 12.5. The Labute approximate surface area is 155 Å². The van der Waals surface area contributed by atoms with E-state index < -0.39 is 0 Å². The number of benzene rings is 1. The lowest BCUT2D eigenvalue weighted by molar-refractivity contribution is -0.134. The van der Waals surface area contributed by atoms with Gasteiger partial charge in [-0.1, -0.05) is 12.1 Å². The van der Waals surface area contributed by atoms with E-state index in [1.807, 2.05) is 36.1 Å². The molecule has 1 heterocycles. The van der Waals surface area contributed by atoms with Crippen molar-refractivity contribution >= 4 is 17.6 Å². The Hall–Kier alpha value is -2.37. The molecule has 1 aliphatic heterocycles. The molecule has 1 aromatic carbocycles. The van der Waals surface area contributed by atoms with Gasteiger partial charge in [-0.2, -0.15) is 0 Å². The molecule has 0 unspecified atom stereocenters. The van der Waals surface area contributed by atoms with Crippen LogP contribution in [0.2, 0.25) is 0 Å². The van der Waals surface area contributed by atoms with Crippen molar-refractivity contribution in [1.82, 2.24) is 9.80 Å². The molecule has 6 nitrogen and oxygen atoms in total. The molecule has 1 saturated heterocycles. The molecule has 0 spiro atoms. The Morgan fingerprint density at radius 2 is 1.54 bits per heavy atom. The molecule has 0 aliphatic carbocycles. The maximum Gasteiger partial charge on any atom is 0.227 e. The first-order valence-electron chi connectivity index (χ1n) is 9.26. The van der Waals surface area contributed by atoms with E-state index in [9.17, 15) is 14.4 Å². The van der Waals surface area contributed by atoms with E-state index in [0.717, 1.165) is 17.7 Å². The summed E-state index contributed by atoms with van der Waals surface area (Å²) in [6, 6.07) is 7.59. The van der Waals surface area contributed by atoms with Crippen molar-refractivity contribution in [1.29, 1.82) is 0 Å². The minimum atomic E-state index is 0.000937. The monoisotopic (exact) mass is 360 g/mol. The molecular formula is C20H28N2O4. The van der Waals surface area contributed by atoms with E-state index in [1.54, 1.807) is 4.90 Å². The zero-order valence-electron chi connectivity index (χ0n) is 15.7. The molecule has 0 saturated carbocycles. The number of amides is 2. The first kappa shape index (κ1) is 19.9. The number of ketones is 1. The highest BCUT2D eigenvalue weighted by Gasteiger charge is 2.22. The standard InChI is InChI=1S/C20H28N2O4/c1-3-26-18-8-6-17(7-9-18)15-20(25)22-12-4-11-21(13-14-22)19(24)10-5-16(2)23/h6-9H,3-5,10-15H2,1-2H3. The largest absolute Gasteiger partial charge is 0.494 e. The number of nitrogens with zero attached hydrogens (tertiary/aromatic N) is 2. The van der Waals surface area contributed by atoms with Gasteiger partial charge < -0.3 is 19.3 Å². The predicted molar refractivity (Wildman–Crippen MR) is 99.0 cm³/mol. The highest BCUT2D eigenvalue weighted by atomic mass is 16.5. The highest BCUT2D eigenvalue weighted by molar-refractivity contribution is 5.83. The second-order valence-electron chi connectivity index (χ2n) is 6.57. The minimum Gasteiger partial charge on any atom is -0.494 e. The zero-order valence-corrected chi connectivity index (χ0v) is 15.7. The SMILES string of the molecule is CCOc1ccc(CC(=O)N2CCCN(C(=O)CCC(C)=O)CC2)cc1. The number of hydrogen-bond acceptors (Lipinski definition) is 4. The molecule has 6 heteroatoms. The van der Waals surface area contributed by atoms with E-state index in [-0.39, 0.29) is 30.4 Å². The van der Waals surface area contributed by atoms with Crippen LogP contribution in [0, 0.1) is 0 Å². The summed E-state index contributed by atoms with van der Waals surface area (Å²) in [7, 11) is 0. The lowest BCUT2D eigenvalue weighted by Gasteiger charge is -2.22. The van der Waals surface area contributed by atoms with Crippen LogP contribution in [0.1, 0.15) is 38.7 Å². The van der Waals surface area contributed by atoms with Gasteiger partial charge in [0.1, 0.15) is 11.5 Å². The quantitative estimate of drug-likeness (QED) is 0.746. The second-order valence-corrected chi connectivity index (χ2v) is 6.57. The zero-order chi connectivity index (χ0) is 18.9. The van der Waals surface area contributed by atoms with E-state index in [0.29, 0.717) is 39.2 Å². The Morgan fingerprint density at radius 1 is 0.923 bits per heavy atom. The van der Waals surface area contributed by atoms with Crippen molar-refractivity contribution in [2.75, 3.05) is 32.8 Å². The van der Waals surface area contributed by atoms with Crippen molar-refractivity contribution < 1.29 is 19.1 Å². The van der Waals surface area contributed by atoms with Crippen molar-refractivity contribution in [2.45, 2.75) is 39.5 Å². The lowest BCUT2D eigenvalue weighted by atomic mass is 10.1. The third kappa shape index (κ3) is 6.17. The van der Waals surface area contributed by atoms with E-state index in [1.165, 1.54) is 6.92 Å². The van der Waals surface area contributed by atoms with E-state index in [4.69, 9.17) is 4.74 Å². The van der Waals surface area contributed by atoms with Crippen LogP contribution >= 0.6 is 0 Å². The van der Waals surface area contributed by atoms with E-state index in [2.05, 4.69) is 0 Å². The molecule has 1 aromatic rings.